The van der Waals surface area contributed by atoms with Gasteiger partial charge in [0, 0.05) is 18.2 Å². The van der Waals surface area contributed by atoms with E-state index in [1.807, 2.05) is 11.8 Å². The molecule has 3 heteroatoms. The Morgan fingerprint density at radius 3 is 2.46 bits per heavy atom. The van der Waals surface area contributed by atoms with Crippen molar-refractivity contribution in [3.8, 4) is 0 Å². The van der Waals surface area contributed by atoms with Crippen LogP contribution in [0.25, 0.3) is 0 Å². The summed E-state index contributed by atoms with van der Waals surface area (Å²) in [5, 5.41) is 0.196. The molecule has 1 heterocycles. The van der Waals surface area contributed by atoms with E-state index in [1.54, 1.807) is 0 Å². The van der Waals surface area contributed by atoms with Crippen LogP contribution in [0.5, 0.6) is 0 Å². The van der Waals surface area contributed by atoms with Gasteiger partial charge >= 0.3 is 0 Å². The monoisotopic (exact) mass is 347 g/mol. The summed E-state index contributed by atoms with van der Waals surface area (Å²) in [6.07, 6.45) is 4.30. The highest BCUT2D eigenvalue weighted by molar-refractivity contribution is 7.99. The van der Waals surface area contributed by atoms with Crippen LogP contribution < -0.4 is 0 Å². The highest BCUT2D eigenvalue weighted by Crippen LogP contribution is 2.40. The lowest BCUT2D eigenvalue weighted by molar-refractivity contribution is -0.136. The van der Waals surface area contributed by atoms with Crippen molar-refractivity contribution in [3.05, 3.63) is 35.4 Å². The smallest absolute Gasteiger partial charge is 0.226 e. The molecule has 0 radical (unpaired) electrons. The minimum Gasteiger partial charge on any atom is -0.325 e. The number of thioether (sulfide) groups is 1. The molecule has 0 aliphatic carbocycles. The molecule has 1 saturated heterocycles. The second-order valence-corrected chi connectivity index (χ2v) is 9.06. The van der Waals surface area contributed by atoms with E-state index in [0.717, 1.165) is 38.0 Å². The van der Waals surface area contributed by atoms with E-state index in [2.05, 4.69) is 63.8 Å². The van der Waals surface area contributed by atoms with Gasteiger partial charge in [0.15, 0.2) is 0 Å². The fourth-order valence-electron chi connectivity index (χ4n) is 3.31. The molecule has 0 aromatic heterocycles. The van der Waals surface area contributed by atoms with Crippen molar-refractivity contribution in [2.45, 2.75) is 71.1 Å². The maximum Gasteiger partial charge on any atom is 0.226 e. The Labute approximate surface area is 152 Å². The lowest BCUT2D eigenvalue weighted by Crippen LogP contribution is -2.35. The molecule has 0 N–H and O–H groups in total. The quantitative estimate of drug-likeness (QED) is 0.650. The van der Waals surface area contributed by atoms with E-state index < -0.39 is 0 Å². The predicted octanol–water partition coefficient (Wildman–Crippen LogP) is 5.77. The zero-order chi connectivity index (χ0) is 17.7. The molecule has 1 aliphatic heterocycles. The molecule has 2 atom stereocenters. The van der Waals surface area contributed by atoms with Gasteiger partial charge in [0.25, 0.3) is 0 Å². The lowest BCUT2D eigenvalue weighted by atomic mass is 9.86. The van der Waals surface area contributed by atoms with E-state index in [4.69, 9.17) is 0 Å². The molecular weight excluding hydrogens is 314 g/mol. The molecule has 0 bridgehead atoms. The zero-order valence-corrected chi connectivity index (χ0v) is 16.8. The molecular formula is C21H33NOS. The van der Waals surface area contributed by atoms with E-state index in [-0.39, 0.29) is 16.7 Å². The van der Waals surface area contributed by atoms with Crippen molar-refractivity contribution in [1.29, 1.82) is 0 Å². The van der Waals surface area contributed by atoms with Crippen LogP contribution in [0, 0.1) is 5.92 Å². The van der Waals surface area contributed by atoms with Gasteiger partial charge in [-0.25, -0.2) is 0 Å². The molecule has 2 nitrogen and oxygen atoms in total. The lowest BCUT2D eigenvalue weighted by Gasteiger charge is -2.28. The summed E-state index contributed by atoms with van der Waals surface area (Å²) >= 11 is 1.90. The molecule has 1 aromatic rings. The van der Waals surface area contributed by atoms with Gasteiger partial charge in [0.1, 0.15) is 5.37 Å². The van der Waals surface area contributed by atoms with E-state index in [0.29, 0.717) is 5.91 Å². The fourth-order valence-corrected chi connectivity index (χ4v) is 4.57. The van der Waals surface area contributed by atoms with Crippen LogP contribution in [-0.4, -0.2) is 23.1 Å². The Hall–Kier alpha value is -0.960. The third-order valence-corrected chi connectivity index (χ3v) is 6.24. The van der Waals surface area contributed by atoms with Crippen LogP contribution >= 0.6 is 11.8 Å². The van der Waals surface area contributed by atoms with Crippen LogP contribution in [0.15, 0.2) is 24.3 Å². The number of hydrogen-bond donors (Lipinski definition) is 0. The van der Waals surface area contributed by atoms with Gasteiger partial charge in [-0.2, -0.15) is 0 Å². The average Bonchev–Trinajstić information content (AvgIpc) is 3.04. The number of hydrogen-bond acceptors (Lipinski definition) is 2. The Kier molecular flexibility index (Phi) is 6.79. The first-order valence-electron chi connectivity index (χ1n) is 9.41. The van der Waals surface area contributed by atoms with Crippen LogP contribution in [0.4, 0.5) is 0 Å². The number of carbonyl (C=O) groups excluding carboxylic acids is 1. The molecule has 1 fully saturated rings. The second-order valence-electron chi connectivity index (χ2n) is 7.87. The first kappa shape index (κ1) is 19.4. The highest BCUT2D eigenvalue weighted by Gasteiger charge is 2.33. The number of unbranched alkanes of at least 4 members (excludes halogenated alkanes) is 1. The minimum absolute atomic E-state index is 0.171. The van der Waals surface area contributed by atoms with Crippen molar-refractivity contribution < 1.29 is 4.79 Å². The molecule has 0 spiro atoms. The molecule has 1 amide bonds. The third-order valence-electron chi connectivity index (χ3n) is 4.98. The largest absolute Gasteiger partial charge is 0.325 e. The van der Waals surface area contributed by atoms with E-state index in [1.165, 1.54) is 11.1 Å². The van der Waals surface area contributed by atoms with Gasteiger partial charge in [-0.05, 0) is 29.4 Å². The Morgan fingerprint density at radius 1 is 1.25 bits per heavy atom. The Balaban J connectivity index is 2.13. The van der Waals surface area contributed by atoms with Crippen molar-refractivity contribution >= 4 is 17.7 Å². The van der Waals surface area contributed by atoms with E-state index in [9.17, 15) is 4.79 Å². The summed E-state index contributed by atoms with van der Waals surface area (Å²) in [5.74, 6) is 1.60. The van der Waals surface area contributed by atoms with E-state index >= 15 is 0 Å². The molecule has 0 saturated carbocycles. The summed E-state index contributed by atoms with van der Waals surface area (Å²) in [6.45, 7) is 11.9. The average molecular weight is 348 g/mol. The SMILES string of the molecule is CCCC[C@H](CC)C(=O)N1CCS[C@@H]1c1ccc(C(C)(C)C)cc1. The standard InChI is InChI=1S/C21H33NOS/c1-6-8-9-16(7-2)19(23)22-14-15-24-20(22)17-10-12-18(13-11-17)21(3,4)5/h10-13,16,20H,6-9,14-15H2,1-5H3/t16-,20+/m0/s1. The van der Waals surface area contributed by atoms with Gasteiger partial charge in [-0.3, -0.25) is 4.79 Å². The van der Waals surface area contributed by atoms with Crippen molar-refractivity contribution in [2.75, 3.05) is 12.3 Å². The van der Waals surface area contributed by atoms with Crippen LogP contribution in [-0.2, 0) is 10.2 Å². The summed E-state index contributed by atoms with van der Waals surface area (Å²) in [7, 11) is 0. The maximum atomic E-state index is 13.0. The van der Waals surface area contributed by atoms with Crippen molar-refractivity contribution in [1.82, 2.24) is 4.90 Å². The van der Waals surface area contributed by atoms with Gasteiger partial charge < -0.3 is 4.90 Å². The Bertz CT molecular complexity index is 532. The van der Waals surface area contributed by atoms with Gasteiger partial charge in [-0.1, -0.05) is 71.7 Å². The van der Waals surface area contributed by atoms with Crippen LogP contribution in [0.2, 0.25) is 0 Å². The molecule has 1 aromatic carbocycles. The minimum atomic E-state index is 0.171. The van der Waals surface area contributed by atoms with Crippen molar-refractivity contribution in [3.63, 3.8) is 0 Å². The highest BCUT2D eigenvalue weighted by atomic mass is 32.2. The molecule has 2 rings (SSSR count). The predicted molar refractivity (Wildman–Crippen MR) is 105 cm³/mol. The molecule has 24 heavy (non-hydrogen) atoms. The molecule has 134 valence electrons. The van der Waals surface area contributed by atoms with Crippen LogP contribution in [0.1, 0.15) is 76.8 Å². The van der Waals surface area contributed by atoms with Crippen LogP contribution in [0.3, 0.4) is 0 Å². The Morgan fingerprint density at radius 2 is 1.92 bits per heavy atom. The van der Waals surface area contributed by atoms with Gasteiger partial charge in [-0.15, -0.1) is 11.8 Å². The number of carbonyl (C=O) groups is 1. The summed E-state index contributed by atoms with van der Waals surface area (Å²) < 4.78 is 0. The number of benzene rings is 1. The zero-order valence-electron chi connectivity index (χ0n) is 16.0. The normalized spacial score (nSPS) is 19.5. The molecule has 0 unspecified atom stereocenters. The first-order valence-corrected chi connectivity index (χ1v) is 10.5. The fraction of sp³-hybridized carbons (Fsp3) is 0.667. The third kappa shape index (κ3) is 4.56. The topological polar surface area (TPSA) is 20.3 Å². The number of amides is 1. The summed E-state index contributed by atoms with van der Waals surface area (Å²) in [6, 6.07) is 8.89. The van der Waals surface area contributed by atoms with Crippen molar-refractivity contribution in [2.24, 2.45) is 5.92 Å². The summed E-state index contributed by atoms with van der Waals surface area (Å²) in [4.78, 5) is 15.1. The maximum absolute atomic E-state index is 13.0. The summed E-state index contributed by atoms with van der Waals surface area (Å²) in [5.41, 5.74) is 2.79. The molecule has 1 aliphatic rings. The number of rotatable bonds is 6. The van der Waals surface area contributed by atoms with Gasteiger partial charge in [0.05, 0.1) is 0 Å². The second kappa shape index (κ2) is 8.42. The first-order chi connectivity index (χ1) is 11.4. The van der Waals surface area contributed by atoms with Gasteiger partial charge in [0.2, 0.25) is 5.91 Å². The number of nitrogens with zero attached hydrogens (tertiary/aromatic N) is 1.